The van der Waals surface area contributed by atoms with Crippen molar-refractivity contribution in [1.29, 1.82) is 0 Å². The SMILES string of the molecule is CCc1ccc(OCC(=O)Nc2sc3c(c2C(=O)OC)CCC3)c(Br)c1. The second kappa shape index (κ2) is 8.22. The Morgan fingerprint density at radius 1 is 1.31 bits per heavy atom. The van der Waals surface area contributed by atoms with Gasteiger partial charge in [0.1, 0.15) is 10.8 Å². The van der Waals surface area contributed by atoms with Crippen molar-refractivity contribution in [2.75, 3.05) is 19.0 Å². The Kier molecular flexibility index (Phi) is 5.98. The number of amides is 1. The van der Waals surface area contributed by atoms with Gasteiger partial charge in [0.25, 0.3) is 5.91 Å². The molecular formula is C19H20BrNO4S. The Hall–Kier alpha value is -1.86. The molecule has 0 fully saturated rings. The number of carbonyl (C=O) groups is 2. The Bertz CT molecular complexity index is 846. The summed E-state index contributed by atoms with van der Waals surface area (Å²) in [6, 6.07) is 5.79. The number of halogens is 1. The predicted molar refractivity (Wildman–Crippen MR) is 105 cm³/mol. The molecule has 0 aliphatic heterocycles. The van der Waals surface area contributed by atoms with Gasteiger partial charge in [-0.2, -0.15) is 0 Å². The molecule has 1 aliphatic rings. The van der Waals surface area contributed by atoms with E-state index in [9.17, 15) is 9.59 Å². The highest BCUT2D eigenvalue weighted by atomic mass is 79.9. The lowest BCUT2D eigenvalue weighted by Gasteiger charge is -2.10. The average molecular weight is 438 g/mol. The van der Waals surface area contributed by atoms with E-state index in [-0.39, 0.29) is 12.5 Å². The summed E-state index contributed by atoms with van der Waals surface area (Å²) in [6.45, 7) is 1.94. The van der Waals surface area contributed by atoms with Crippen LogP contribution in [-0.2, 0) is 28.8 Å². The van der Waals surface area contributed by atoms with Crippen LogP contribution in [0.4, 0.5) is 5.00 Å². The lowest BCUT2D eigenvalue weighted by atomic mass is 10.1. The first-order valence-corrected chi connectivity index (χ1v) is 10.1. The summed E-state index contributed by atoms with van der Waals surface area (Å²) < 4.78 is 11.3. The van der Waals surface area contributed by atoms with Crippen LogP contribution < -0.4 is 10.1 Å². The summed E-state index contributed by atoms with van der Waals surface area (Å²) in [4.78, 5) is 25.6. The van der Waals surface area contributed by atoms with Crippen LogP contribution in [-0.4, -0.2) is 25.6 Å². The Morgan fingerprint density at radius 2 is 2.12 bits per heavy atom. The van der Waals surface area contributed by atoms with Crippen molar-refractivity contribution >= 4 is 44.1 Å². The molecule has 1 heterocycles. The number of benzene rings is 1. The Balaban J connectivity index is 1.68. The first-order chi connectivity index (χ1) is 12.5. The standard InChI is InChI=1S/C19H20BrNO4S/c1-3-11-7-8-14(13(20)9-11)25-10-16(22)21-18-17(19(23)24-2)12-5-4-6-15(12)26-18/h7-9H,3-6,10H2,1-2H3,(H,21,22). The Morgan fingerprint density at radius 3 is 2.81 bits per heavy atom. The molecule has 0 saturated heterocycles. The van der Waals surface area contributed by atoms with Crippen LogP contribution in [0.3, 0.4) is 0 Å². The highest BCUT2D eigenvalue weighted by Gasteiger charge is 2.28. The molecular weight excluding hydrogens is 418 g/mol. The van der Waals surface area contributed by atoms with Crippen molar-refractivity contribution in [2.45, 2.75) is 32.6 Å². The number of methoxy groups -OCH3 is 1. The first-order valence-electron chi connectivity index (χ1n) is 8.47. The summed E-state index contributed by atoms with van der Waals surface area (Å²) in [5.41, 5.74) is 2.69. The minimum absolute atomic E-state index is 0.132. The van der Waals surface area contributed by atoms with Crippen LogP contribution in [0.15, 0.2) is 22.7 Å². The van der Waals surface area contributed by atoms with E-state index in [1.165, 1.54) is 24.0 Å². The lowest BCUT2D eigenvalue weighted by Crippen LogP contribution is -2.21. The third-order valence-corrected chi connectivity index (χ3v) is 6.15. The lowest BCUT2D eigenvalue weighted by molar-refractivity contribution is -0.118. The quantitative estimate of drug-likeness (QED) is 0.681. The molecule has 1 aliphatic carbocycles. The zero-order valence-electron chi connectivity index (χ0n) is 14.7. The van der Waals surface area contributed by atoms with Crippen molar-refractivity contribution in [1.82, 2.24) is 0 Å². The van der Waals surface area contributed by atoms with Gasteiger partial charge in [-0.1, -0.05) is 13.0 Å². The van der Waals surface area contributed by atoms with Gasteiger partial charge in [0, 0.05) is 4.88 Å². The van der Waals surface area contributed by atoms with Crippen LogP contribution in [0, 0.1) is 0 Å². The van der Waals surface area contributed by atoms with Crippen LogP contribution >= 0.6 is 27.3 Å². The van der Waals surface area contributed by atoms with E-state index in [4.69, 9.17) is 9.47 Å². The first kappa shape index (κ1) is 18.9. The van der Waals surface area contributed by atoms with Gasteiger partial charge >= 0.3 is 5.97 Å². The topological polar surface area (TPSA) is 64.6 Å². The van der Waals surface area contributed by atoms with Gasteiger partial charge in [-0.05, 0) is 64.9 Å². The molecule has 0 spiro atoms. The van der Waals surface area contributed by atoms with E-state index in [0.717, 1.165) is 40.6 Å². The number of hydrogen-bond donors (Lipinski definition) is 1. The summed E-state index contributed by atoms with van der Waals surface area (Å²) in [5, 5.41) is 3.36. The van der Waals surface area contributed by atoms with E-state index in [1.54, 1.807) is 0 Å². The number of esters is 1. The van der Waals surface area contributed by atoms with E-state index in [1.807, 2.05) is 18.2 Å². The molecule has 0 saturated carbocycles. The molecule has 3 rings (SSSR count). The molecule has 1 aromatic heterocycles. The zero-order valence-corrected chi connectivity index (χ0v) is 17.1. The van der Waals surface area contributed by atoms with E-state index in [0.29, 0.717) is 16.3 Å². The maximum atomic E-state index is 12.3. The fraction of sp³-hybridized carbons (Fsp3) is 0.368. The molecule has 1 aromatic carbocycles. The molecule has 0 bridgehead atoms. The maximum absolute atomic E-state index is 12.3. The van der Waals surface area contributed by atoms with E-state index in [2.05, 4.69) is 28.2 Å². The molecule has 138 valence electrons. The Labute approximate surface area is 164 Å². The second-order valence-electron chi connectivity index (χ2n) is 6.01. The summed E-state index contributed by atoms with van der Waals surface area (Å²) in [5.74, 6) is -0.0979. The molecule has 5 nitrogen and oxygen atoms in total. The molecule has 7 heteroatoms. The van der Waals surface area contributed by atoms with Gasteiger partial charge in [0.05, 0.1) is 17.1 Å². The highest BCUT2D eigenvalue weighted by Crippen LogP contribution is 2.39. The van der Waals surface area contributed by atoms with Gasteiger partial charge in [-0.15, -0.1) is 11.3 Å². The number of fused-ring (bicyclic) bond motifs is 1. The monoisotopic (exact) mass is 437 g/mol. The van der Waals surface area contributed by atoms with Crippen molar-refractivity contribution in [2.24, 2.45) is 0 Å². The normalized spacial score (nSPS) is 12.6. The molecule has 0 radical (unpaired) electrons. The van der Waals surface area contributed by atoms with Crippen LogP contribution in [0.5, 0.6) is 5.75 Å². The van der Waals surface area contributed by atoms with Crippen molar-refractivity contribution < 1.29 is 19.1 Å². The largest absolute Gasteiger partial charge is 0.483 e. The number of rotatable bonds is 6. The van der Waals surface area contributed by atoms with Crippen LogP contribution in [0.1, 0.15) is 39.7 Å². The minimum Gasteiger partial charge on any atom is -0.483 e. The van der Waals surface area contributed by atoms with E-state index >= 15 is 0 Å². The van der Waals surface area contributed by atoms with Gasteiger partial charge in [-0.3, -0.25) is 4.79 Å². The molecule has 0 atom stereocenters. The maximum Gasteiger partial charge on any atom is 0.341 e. The number of carbonyl (C=O) groups excluding carboxylic acids is 2. The molecule has 26 heavy (non-hydrogen) atoms. The fourth-order valence-electron chi connectivity index (χ4n) is 3.00. The highest BCUT2D eigenvalue weighted by molar-refractivity contribution is 9.10. The third-order valence-electron chi connectivity index (χ3n) is 4.33. The summed E-state index contributed by atoms with van der Waals surface area (Å²) in [6.07, 6.45) is 3.75. The van der Waals surface area contributed by atoms with Gasteiger partial charge in [-0.25, -0.2) is 4.79 Å². The number of thiophene rings is 1. The molecule has 1 amide bonds. The predicted octanol–water partition coefficient (Wildman–Crippen LogP) is 4.37. The zero-order chi connectivity index (χ0) is 18.7. The number of anilines is 1. The molecule has 0 unspecified atom stereocenters. The van der Waals surface area contributed by atoms with Gasteiger partial charge in [0.15, 0.2) is 6.61 Å². The van der Waals surface area contributed by atoms with Crippen molar-refractivity contribution in [3.8, 4) is 5.75 Å². The van der Waals surface area contributed by atoms with Crippen molar-refractivity contribution in [3.63, 3.8) is 0 Å². The molecule has 1 N–H and O–H groups in total. The van der Waals surface area contributed by atoms with Crippen LogP contribution in [0.25, 0.3) is 0 Å². The molecule has 2 aromatic rings. The van der Waals surface area contributed by atoms with Crippen LogP contribution in [0.2, 0.25) is 0 Å². The number of ether oxygens (including phenoxy) is 2. The van der Waals surface area contributed by atoms with Crippen molar-refractivity contribution in [3.05, 3.63) is 44.2 Å². The smallest absolute Gasteiger partial charge is 0.341 e. The summed E-state index contributed by atoms with van der Waals surface area (Å²) in [7, 11) is 1.35. The van der Waals surface area contributed by atoms with E-state index < -0.39 is 5.97 Å². The number of aryl methyl sites for hydroxylation is 2. The third kappa shape index (κ3) is 3.94. The number of hydrogen-bond acceptors (Lipinski definition) is 5. The average Bonchev–Trinajstić information content (AvgIpc) is 3.20. The second-order valence-corrected chi connectivity index (χ2v) is 7.97. The van der Waals surface area contributed by atoms with Gasteiger partial charge < -0.3 is 14.8 Å². The fourth-order valence-corrected chi connectivity index (χ4v) is 4.83. The number of nitrogens with one attached hydrogen (secondary N) is 1. The minimum atomic E-state index is -0.404. The summed E-state index contributed by atoms with van der Waals surface area (Å²) >= 11 is 4.91. The van der Waals surface area contributed by atoms with Gasteiger partial charge in [0.2, 0.25) is 0 Å².